The first-order valence-electron chi connectivity index (χ1n) is 2.83. The van der Waals surface area contributed by atoms with Gasteiger partial charge in [-0.25, -0.2) is 9.98 Å². The number of hydrogen-bond acceptors (Lipinski definition) is 2. The zero-order valence-corrected chi connectivity index (χ0v) is 6.13. The molecule has 0 aromatic heterocycles. The molecule has 0 heterocycles. The van der Waals surface area contributed by atoms with Gasteiger partial charge in [0.15, 0.2) is 0 Å². The van der Waals surface area contributed by atoms with E-state index in [1.165, 1.54) is 0 Å². The monoisotopic (exact) mass is 135 g/mol. The highest BCUT2D eigenvalue weighted by molar-refractivity contribution is 5.99. The van der Waals surface area contributed by atoms with Gasteiger partial charge in [-0.1, -0.05) is 6.08 Å². The standard InChI is InChI=1S/C7H9N3/c1-4-6(2)10-7(5-8)9-3/h4H,3H2,1-2H3/b6-4-,10-7-. The predicted molar refractivity (Wildman–Crippen MR) is 42.0 cm³/mol. The Morgan fingerprint density at radius 3 is 2.60 bits per heavy atom. The van der Waals surface area contributed by atoms with Gasteiger partial charge < -0.3 is 0 Å². The van der Waals surface area contributed by atoms with Gasteiger partial charge in [0.25, 0.3) is 0 Å². The molecule has 0 bridgehead atoms. The third-order valence-corrected chi connectivity index (χ3v) is 0.950. The Morgan fingerprint density at radius 1 is 1.70 bits per heavy atom. The van der Waals surface area contributed by atoms with E-state index in [1.807, 2.05) is 6.92 Å². The van der Waals surface area contributed by atoms with E-state index >= 15 is 0 Å². The van der Waals surface area contributed by atoms with Gasteiger partial charge in [0.2, 0.25) is 5.84 Å². The van der Waals surface area contributed by atoms with Crippen molar-refractivity contribution in [3.05, 3.63) is 11.8 Å². The first kappa shape index (κ1) is 8.57. The highest BCUT2D eigenvalue weighted by Crippen LogP contribution is 1.94. The van der Waals surface area contributed by atoms with E-state index < -0.39 is 0 Å². The van der Waals surface area contributed by atoms with Crippen molar-refractivity contribution in [3.63, 3.8) is 0 Å². The van der Waals surface area contributed by atoms with E-state index in [0.29, 0.717) is 0 Å². The number of amidine groups is 1. The zero-order chi connectivity index (χ0) is 7.98. The fourth-order valence-corrected chi connectivity index (χ4v) is 0.327. The number of allylic oxidation sites excluding steroid dienone is 2. The third kappa shape index (κ3) is 2.78. The molecule has 0 amide bonds. The summed E-state index contributed by atoms with van der Waals surface area (Å²) in [5, 5.41) is 8.33. The van der Waals surface area contributed by atoms with Crippen molar-refractivity contribution in [1.29, 1.82) is 5.26 Å². The molecule has 0 fully saturated rings. The lowest BCUT2D eigenvalue weighted by molar-refractivity contribution is 1.27. The average molecular weight is 135 g/mol. The maximum Gasteiger partial charge on any atom is 0.231 e. The van der Waals surface area contributed by atoms with Gasteiger partial charge in [-0.3, -0.25) is 0 Å². The van der Waals surface area contributed by atoms with Crippen LogP contribution in [0.5, 0.6) is 0 Å². The van der Waals surface area contributed by atoms with Gasteiger partial charge >= 0.3 is 0 Å². The molecule has 52 valence electrons. The van der Waals surface area contributed by atoms with Crippen LogP contribution in [0.15, 0.2) is 21.8 Å². The Kier molecular flexibility index (Phi) is 3.81. The van der Waals surface area contributed by atoms with Crippen molar-refractivity contribution in [3.8, 4) is 6.07 Å². The molecule has 3 nitrogen and oxygen atoms in total. The fourth-order valence-electron chi connectivity index (χ4n) is 0.327. The molecule has 0 unspecified atom stereocenters. The van der Waals surface area contributed by atoms with E-state index in [9.17, 15) is 0 Å². The molecule has 3 heteroatoms. The molecule has 0 N–H and O–H groups in total. The van der Waals surface area contributed by atoms with E-state index in [4.69, 9.17) is 5.26 Å². The maximum atomic E-state index is 8.33. The van der Waals surface area contributed by atoms with Gasteiger partial charge in [-0.2, -0.15) is 5.26 Å². The molecule has 0 atom stereocenters. The van der Waals surface area contributed by atoms with Crippen molar-refractivity contribution >= 4 is 12.6 Å². The second-order valence-corrected chi connectivity index (χ2v) is 1.64. The van der Waals surface area contributed by atoms with Gasteiger partial charge in [-0.15, -0.1) is 0 Å². The van der Waals surface area contributed by atoms with Gasteiger partial charge in [0.05, 0.1) is 0 Å². The van der Waals surface area contributed by atoms with Crippen molar-refractivity contribution in [2.75, 3.05) is 0 Å². The normalized spacial score (nSPS) is 12.5. The zero-order valence-electron chi connectivity index (χ0n) is 6.13. The summed E-state index contributed by atoms with van der Waals surface area (Å²) in [5.74, 6) is 0.107. The Balaban J connectivity index is 4.44. The van der Waals surface area contributed by atoms with Crippen molar-refractivity contribution < 1.29 is 0 Å². The van der Waals surface area contributed by atoms with Crippen LogP contribution in [-0.2, 0) is 0 Å². The number of nitriles is 1. The average Bonchev–Trinajstić information content (AvgIpc) is 1.99. The van der Waals surface area contributed by atoms with E-state index in [2.05, 4.69) is 16.7 Å². The largest absolute Gasteiger partial charge is 0.236 e. The van der Waals surface area contributed by atoms with Crippen LogP contribution in [0.2, 0.25) is 0 Å². The van der Waals surface area contributed by atoms with Crippen LogP contribution >= 0.6 is 0 Å². The summed E-state index contributed by atoms with van der Waals surface area (Å²) in [6.45, 7) is 6.83. The summed E-state index contributed by atoms with van der Waals surface area (Å²) < 4.78 is 0. The molecular formula is C7H9N3. The number of nitrogens with zero attached hydrogens (tertiary/aromatic N) is 3. The Hall–Kier alpha value is -1.43. The predicted octanol–water partition coefficient (Wildman–Crippen LogP) is 1.53. The maximum absolute atomic E-state index is 8.33. The molecule has 0 aromatic carbocycles. The van der Waals surface area contributed by atoms with Gasteiger partial charge in [-0.05, 0) is 20.6 Å². The van der Waals surface area contributed by atoms with Crippen LogP contribution in [0.1, 0.15) is 13.8 Å². The highest BCUT2D eigenvalue weighted by atomic mass is 14.9. The first-order chi connectivity index (χ1) is 4.74. The van der Waals surface area contributed by atoms with Gasteiger partial charge in [0.1, 0.15) is 6.07 Å². The molecule has 0 radical (unpaired) electrons. The van der Waals surface area contributed by atoms with Crippen LogP contribution < -0.4 is 0 Å². The quantitative estimate of drug-likeness (QED) is 0.397. The molecule has 0 saturated heterocycles. The van der Waals surface area contributed by atoms with E-state index in [1.54, 1.807) is 19.1 Å². The molecule has 0 aromatic rings. The summed E-state index contributed by atoms with van der Waals surface area (Å²) in [7, 11) is 0. The minimum atomic E-state index is 0.107. The lowest BCUT2D eigenvalue weighted by atomic mass is 10.5. The van der Waals surface area contributed by atoms with Crippen molar-refractivity contribution in [2.45, 2.75) is 13.8 Å². The number of aliphatic imine (C=N–C) groups is 2. The summed E-state index contributed by atoms with van der Waals surface area (Å²) in [4.78, 5) is 7.21. The molecule has 0 rings (SSSR count). The summed E-state index contributed by atoms with van der Waals surface area (Å²) in [6.07, 6.45) is 1.79. The molecule has 0 aliphatic heterocycles. The summed E-state index contributed by atoms with van der Waals surface area (Å²) in [5.41, 5.74) is 0.768. The topological polar surface area (TPSA) is 48.5 Å². The Morgan fingerprint density at radius 2 is 2.30 bits per heavy atom. The van der Waals surface area contributed by atoms with Crippen LogP contribution in [0.25, 0.3) is 0 Å². The summed E-state index contributed by atoms with van der Waals surface area (Å²) >= 11 is 0. The molecule has 0 spiro atoms. The smallest absolute Gasteiger partial charge is 0.231 e. The fraction of sp³-hybridized carbons (Fsp3) is 0.286. The molecular weight excluding hydrogens is 126 g/mol. The van der Waals surface area contributed by atoms with Crippen LogP contribution in [0, 0.1) is 11.3 Å². The number of rotatable bonds is 1. The second kappa shape index (κ2) is 4.45. The molecule has 10 heavy (non-hydrogen) atoms. The Bertz CT molecular complexity index is 217. The van der Waals surface area contributed by atoms with Crippen molar-refractivity contribution in [2.24, 2.45) is 9.98 Å². The first-order valence-corrected chi connectivity index (χ1v) is 2.83. The van der Waals surface area contributed by atoms with Gasteiger partial charge in [0, 0.05) is 5.70 Å². The molecule has 0 aliphatic carbocycles. The minimum absolute atomic E-state index is 0.107. The lowest BCUT2D eigenvalue weighted by Gasteiger charge is -1.87. The van der Waals surface area contributed by atoms with E-state index in [0.717, 1.165) is 5.70 Å². The number of hydrogen-bond donors (Lipinski definition) is 0. The SMILES string of the molecule is C=N/C(C#N)=N\C(C)=C/C. The third-order valence-electron chi connectivity index (χ3n) is 0.950. The van der Waals surface area contributed by atoms with Crippen molar-refractivity contribution in [1.82, 2.24) is 0 Å². The van der Waals surface area contributed by atoms with E-state index in [-0.39, 0.29) is 5.84 Å². The second-order valence-electron chi connectivity index (χ2n) is 1.64. The van der Waals surface area contributed by atoms with Crippen LogP contribution in [0.4, 0.5) is 0 Å². The molecule has 0 aliphatic rings. The van der Waals surface area contributed by atoms with Crippen LogP contribution in [0.3, 0.4) is 0 Å². The highest BCUT2D eigenvalue weighted by Gasteiger charge is 1.88. The Labute approximate surface area is 60.4 Å². The molecule has 0 saturated carbocycles. The lowest BCUT2D eigenvalue weighted by Crippen LogP contribution is -1.86. The van der Waals surface area contributed by atoms with Crippen LogP contribution in [-0.4, -0.2) is 12.6 Å². The minimum Gasteiger partial charge on any atom is -0.236 e. The summed E-state index contributed by atoms with van der Waals surface area (Å²) in [6, 6.07) is 1.80.